The number of amides is 2. The first kappa shape index (κ1) is 12.9. The first-order valence-corrected chi connectivity index (χ1v) is 7.92. The van der Waals surface area contributed by atoms with E-state index in [9.17, 15) is 9.59 Å². The number of nitrogens with zero attached hydrogens (tertiary/aromatic N) is 1. The molecule has 2 fully saturated rings. The van der Waals surface area contributed by atoms with E-state index in [0.717, 1.165) is 44.3 Å². The average molecular weight is 284 g/mol. The maximum absolute atomic E-state index is 12.2. The molecule has 2 amide bonds. The van der Waals surface area contributed by atoms with Crippen molar-refractivity contribution < 1.29 is 9.59 Å². The monoisotopic (exact) mass is 284 g/mol. The molecule has 1 heterocycles. The molecule has 0 spiro atoms. The van der Waals surface area contributed by atoms with Crippen LogP contribution in [0.4, 0.5) is 5.69 Å². The highest BCUT2D eigenvalue weighted by atomic mass is 16.2. The van der Waals surface area contributed by atoms with Crippen LogP contribution in [0.2, 0.25) is 0 Å². The average Bonchev–Trinajstić information content (AvgIpc) is 3.38. The Balaban J connectivity index is 1.49. The SMILES string of the molecule is O=C(Nc1ccc2c(c1)CN(C(=O)C1CC1)CC2)C1CC1. The quantitative estimate of drug-likeness (QED) is 0.926. The zero-order valence-corrected chi connectivity index (χ0v) is 12.1. The summed E-state index contributed by atoms with van der Waals surface area (Å²) in [7, 11) is 0. The minimum atomic E-state index is 0.136. The lowest BCUT2D eigenvalue weighted by Gasteiger charge is -2.29. The summed E-state index contributed by atoms with van der Waals surface area (Å²) in [6.07, 6.45) is 5.06. The van der Waals surface area contributed by atoms with Crippen molar-refractivity contribution in [3.05, 3.63) is 29.3 Å². The maximum Gasteiger partial charge on any atom is 0.227 e. The standard InChI is InChI=1S/C17H20N2O2/c20-16(12-1-2-12)18-15-6-5-11-7-8-19(10-14(11)9-15)17(21)13-3-4-13/h5-6,9,12-13H,1-4,7-8,10H2,(H,18,20). The summed E-state index contributed by atoms with van der Waals surface area (Å²) in [5, 5.41) is 2.99. The van der Waals surface area contributed by atoms with Crippen LogP contribution in [0.5, 0.6) is 0 Å². The molecule has 3 aliphatic rings. The van der Waals surface area contributed by atoms with Crippen LogP contribution in [0.15, 0.2) is 18.2 Å². The van der Waals surface area contributed by atoms with Crippen molar-refractivity contribution in [2.45, 2.75) is 38.6 Å². The zero-order valence-electron chi connectivity index (χ0n) is 12.1. The smallest absolute Gasteiger partial charge is 0.227 e. The Morgan fingerprint density at radius 2 is 1.81 bits per heavy atom. The highest BCUT2D eigenvalue weighted by Gasteiger charge is 2.34. The molecule has 1 aromatic rings. The van der Waals surface area contributed by atoms with Gasteiger partial charge in [0.05, 0.1) is 0 Å². The molecule has 1 N–H and O–H groups in total. The van der Waals surface area contributed by atoms with Crippen molar-refractivity contribution in [2.75, 3.05) is 11.9 Å². The molecule has 4 heteroatoms. The fourth-order valence-electron chi connectivity index (χ4n) is 3.00. The molecule has 2 aliphatic carbocycles. The van der Waals surface area contributed by atoms with Gasteiger partial charge in [0.15, 0.2) is 0 Å². The lowest BCUT2D eigenvalue weighted by molar-refractivity contribution is -0.133. The van der Waals surface area contributed by atoms with E-state index in [1.54, 1.807) is 0 Å². The van der Waals surface area contributed by atoms with Crippen molar-refractivity contribution in [1.29, 1.82) is 0 Å². The third-order valence-electron chi connectivity index (χ3n) is 4.67. The second kappa shape index (κ2) is 4.86. The van der Waals surface area contributed by atoms with Crippen LogP contribution in [-0.2, 0) is 22.6 Å². The third-order valence-corrected chi connectivity index (χ3v) is 4.67. The molecule has 21 heavy (non-hydrogen) atoms. The number of hydrogen-bond donors (Lipinski definition) is 1. The van der Waals surface area contributed by atoms with Crippen molar-refractivity contribution in [1.82, 2.24) is 4.90 Å². The zero-order chi connectivity index (χ0) is 14.4. The van der Waals surface area contributed by atoms with Gasteiger partial charge in [-0.15, -0.1) is 0 Å². The van der Waals surface area contributed by atoms with Crippen LogP contribution in [0, 0.1) is 11.8 Å². The molecule has 0 saturated heterocycles. The number of fused-ring (bicyclic) bond motifs is 1. The van der Waals surface area contributed by atoms with Gasteiger partial charge in [-0.25, -0.2) is 0 Å². The number of benzene rings is 1. The van der Waals surface area contributed by atoms with E-state index < -0.39 is 0 Å². The van der Waals surface area contributed by atoms with Gasteiger partial charge in [0.1, 0.15) is 0 Å². The van der Waals surface area contributed by atoms with E-state index in [-0.39, 0.29) is 17.7 Å². The number of hydrogen-bond acceptors (Lipinski definition) is 2. The van der Waals surface area contributed by atoms with Gasteiger partial charge in [-0.3, -0.25) is 9.59 Å². The van der Waals surface area contributed by atoms with Gasteiger partial charge in [-0.2, -0.15) is 0 Å². The third kappa shape index (κ3) is 2.67. The van der Waals surface area contributed by atoms with Crippen molar-refractivity contribution in [3.8, 4) is 0 Å². The van der Waals surface area contributed by atoms with Gasteiger partial charge in [0.2, 0.25) is 11.8 Å². The predicted octanol–water partition coefficient (Wildman–Crippen LogP) is 2.33. The van der Waals surface area contributed by atoms with Crippen LogP contribution in [-0.4, -0.2) is 23.3 Å². The van der Waals surface area contributed by atoms with E-state index in [1.807, 2.05) is 17.0 Å². The van der Waals surface area contributed by atoms with E-state index in [0.29, 0.717) is 12.5 Å². The fourth-order valence-corrected chi connectivity index (χ4v) is 3.00. The molecule has 0 aromatic heterocycles. The van der Waals surface area contributed by atoms with Gasteiger partial charge in [0, 0.05) is 30.6 Å². The number of carbonyl (C=O) groups is 2. The van der Waals surface area contributed by atoms with Crippen LogP contribution in [0.3, 0.4) is 0 Å². The van der Waals surface area contributed by atoms with Gasteiger partial charge >= 0.3 is 0 Å². The topological polar surface area (TPSA) is 49.4 Å². The Morgan fingerprint density at radius 3 is 2.52 bits per heavy atom. The Kier molecular flexibility index (Phi) is 2.98. The van der Waals surface area contributed by atoms with Crippen molar-refractivity contribution >= 4 is 17.5 Å². The lowest BCUT2D eigenvalue weighted by atomic mass is 9.98. The predicted molar refractivity (Wildman–Crippen MR) is 79.6 cm³/mol. The largest absolute Gasteiger partial charge is 0.338 e. The van der Waals surface area contributed by atoms with Crippen LogP contribution in [0.1, 0.15) is 36.8 Å². The van der Waals surface area contributed by atoms with Gasteiger partial charge in [-0.05, 0) is 55.4 Å². The molecule has 4 nitrogen and oxygen atoms in total. The molecule has 0 unspecified atom stereocenters. The summed E-state index contributed by atoms with van der Waals surface area (Å²) < 4.78 is 0. The summed E-state index contributed by atoms with van der Waals surface area (Å²) in [6, 6.07) is 6.12. The molecule has 0 bridgehead atoms. The number of anilines is 1. The summed E-state index contributed by atoms with van der Waals surface area (Å²) in [5.41, 5.74) is 3.36. The highest BCUT2D eigenvalue weighted by Crippen LogP contribution is 2.34. The molecular weight excluding hydrogens is 264 g/mol. The van der Waals surface area contributed by atoms with E-state index >= 15 is 0 Å². The summed E-state index contributed by atoms with van der Waals surface area (Å²) >= 11 is 0. The highest BCUT2D eigenvalue weighted by molar-refractivity contribution is 5.94. The minimum Gasteiger partial charge on any atom is -0.338 e. The van der Waals surface area contributed by atoms with Crippen LogP contribution >= 0.6 is 0 Å². The Hall–Kier alpha value is -1.84. The minimum absolute atomic E-state index is 0.136. The van der Waals surface area contributed by atoms with Crippen LogP contribution < -0.4 is 5.32 Å². The Labute approximate surface area is 124 Å². The summed E-state index contributed by atoms with van der Waals surface area (Å²) in [5.74, 6) is 0.947. The van der Waals surface area contributed by atoms with E-state index in [1.165, 1.54) is 11.1 Å². The second-order valence-corrected chi connectivity index (χ2v) is 6.53. The molecule has 1 aliphatic heterocycles. The Bertz CT molecular complexity index is 603. The number of rotatable bonds is 3. The Morgan fingerprint density at radius 1 is 1.05 bits per heavy atom. The van der Waals surface area contributed by atoms with Crippen molar-refractivity contribution in [2.24, 2.45) is 11.8 Å². The van der Waals surface area contributed by atoms with Crippen molar-refractivity contribution in [3.63, 3.8) is 0 Å². The lowest BCUT2D eigenvalue weighted by Crippen LogP contribution is -2.36. The summed E-state index contributed by atoms with van der Waals surface area (Å²) in [6.45, 7) is 1.52. The fraction of sp³-hybridized carbons (Fsp3) is 0.529. The molecule has 1 aromatic carbocycles. The van der Waals surface area contributed by atoms with E-state index in [2.05, 4.69) is 11.4 Å². The van der Waals surface area contributed by atoms with Gasteiger partial charge in [0.25, 0.3) is 0 Å². The van der Waals surface area contributed by atoms with Gasteiger partial charge < -0.3 is 10.2 Å². The molecule has 0 atom stereocenters. The first-order chi connectivity index (χ1) is 10.2. The first-order valence-electron chi connectivity index (χ1n) is 7.92. The normalized spacial score (nSPS) is 20.9. The summed E-state index contributed by atoms with van der Waals surface area (Å²) in [4.78, 5) is 26.0. The molecule has 2 saturated carbocycles. The molecular formula is C17H20N2O2. The van der Waals surface area contributed by atoms with Gasteiger partial charge in [-0.1, -0.05) is 6.07 Å². The molecule has 110 valence electrons. The molecule has 0 radical (unpaired) electrons. The maximum atomic E-state index is 12.2. The number of carbonyl (C=O) groups excluding carboxylic acids is 2. The second-order valence-electron chi connectivity index (χ2n) is 6.53. The van der Waals surface area contributed by atoms with E-state index in [4.69, 9.17) is 0 Å². The molecule has 4 rings (SSSR count). The van der Waals surface area contributed by atoms with Crippen LogP contribution in [0.25, 0.3) is 0 Å². The number of nitrogens with one attached hydrogen (secondary N) is 1.